The number of nitro groups is 2. The van der Waals surface area contributed by atoms with Gasteiger partial charge in [0.1, 0.15) is 5.69 Å². The molecule has 4 aromatic rings. The van der Waals surface area contributed by atoms with E-state index in [1.165, 1.54) is 6.21 Å². The number of nitrogens with zero attached hydrogens (tertiary/aromatic N) is 6. The molecule has 0 saturated carbocycles. The number of anilines is 1. The molecule has 0 aliphatic carbocycles. The number of pyridine rings is 1. The van der Waals surface area contributed by atoms with Gasteiger partial charge in [-0.25, -0.2) is 4.68 Å². The average molecular weight is 497 g/mol. The van der Waals surface area contributed by atoms with Crippen molar-refractivity contribution in [3.05, 3.63) is 105 Å². The molecule has 182 valence electrons. The Hall–Kier alpha value is -5.14. The Bertz CT molecular complexity index is 1420. The SMILES string of the molecule is O=[N+]([O-])c1cc(C(F)(F)F)cc([N+](=O)[O-])c1NN=Cc1cn(-c2ccccc2)nc1-c1cccnc1. The van der Waals surface area contributed by atoms with Crippen molar-refractivity contribution >= 4 is 23.3 Å². The molecule has 2 heterocycles. The van der Waals surface area contributed by atoms with Crippen molar-refractivity contribution in [3.63, 3.8) is 0 Å². The van der Waals surface area contributed by atoms with E-state index in [4.69, 9.17) is 0 Å². The molecule has 0 saturated heterocycles. The Kier molecular flexibility index (Phi) is 6.41. The quantitative estimate of drug-likeness (QED) is 0.210. The average Bonchev–Trinajstić information content (AvgIpc) is 3.28. The summed E-state index contributed by atoms with van der Waals surface area (Å²) in [6, 6.07) is 12.9. The largest absolute Gasteiger partial charge is 0.416 e. The number of aromatic nitrogens is 3. The van der Waals surface area contributed by atoms with E-state index in [-0.39, 0.29) is 12.1 Å². The van der Waals surface area contributed by atoms with Crippen LogP contribution in [0.2, 0.25) is 0 Å². The summed E-state index contributed by atoms with van der Waals surface area (Å²) < 4.78 is 40.9. The number of hydrogen-bond acceptors (Lipinski definition) is 8. The fourth-order valence-electron chi connectivity index (χ4n) is 3.27. The molecule has 0 aliphatic heterocycles. The van der Waals surface area contributed by atoms with Crippen LogP contribution in [-0.2, 0) is 6.18 Å². The number of para-hydroxylation sites is 1. The van der Waals surface area contributed by atoms with Crippen LogP contribution in [0, 0.1) is 20.2 Å². The van der Waals surface area contributed by atoms with Crippen LogP contribution < -0.4 is 5.43 Å². The molecule has 2 aromatic heterocycles. The van der Waals surface area contributed by atoms with Crippen LogP contribution in [-0.4, -0.2) is 30.8 Å². The monoisotopic (exact) mass is 497 g/mol. The number of rotatable bonds is 7. The molecule has 0 atom stereocenters. The molecular weight excluding hydrogens is 483 g/mol. The molecule has 36 heavy (non-hydrogen) atoms. The minimum atomic E-state index is -5.03. The van der Waals surface area contributed by atoms with Crippen LogP contribution in [0.4, 0.5) is 30.2 Å². The summed E-state index contributed by atoms with van der Waals surface area (Å²) in [4.78, 5) is 24.6. The maximum absolute atomic E-state index is 13.1. The Morgan fingerprint density at radius 1 is 1.00 bits per heavy atom. The second-order valence-electron chi connectivity index (χ2n) is 7.23. The third kappa shape index (κ3) is 5.01. The highest BCUT2D eigenvalue weighted by atomic mass is 19.4. The minimum Gasteiger partial charge on any atom is -0.266 e. The Morgan fingerprint density at radius 3 is 2.22 bits per heavy atom. The van der Waals surface area contributed by atoms with Gasteiger partial charge in [0.15, 0.2) is 0 Å². The van der Waals surface area contributed by atoms with Gasteiger partial charge in [-0.05, 0) is 24.3 Å². The summed E-state index contributed by atoms with van der Waals surface area (Å²) in [5.41, 5.74) is -0.318. The van der Waals surface area contributed by atoms with Crippen LogP contribution in [0.3, 0.4) is 0 Å². The number of halogens is 3. The lowest BCUT2D eigenvalue weighted by Gasteiger charge is -2.09. The molecule has 2 aromatic carbocycles. The maximum atomic E-state index is 13.1. The van der Waals surface area contributed by atoms with Gasteiger partial charge in [0, 0.05) is 41.9 Å². The smallest absolute Gasteiger partial charge is 0.266 e. The second-order valence-corrected chi connectivity index (χ2v) is 7.23. The second kappa shape index (κ2) is 9.61. The summed E-state index contributed by atoms with van der Waals surface area (Å²) in [5, 5.41) is 31.2. The van der Waals surface area contributed by atoms with E-state index in [0.29, 0.717) is 22.5 Å². The zero-order valence-corrected chi connectivity index (χ0v) is 18.0. The summed E-state index contributed by atoms with van der Waals surface area (Å²) in [6.07, 6.45) is 0.879. The molecule has 14 heteroatoms. The molecule has 0 fully saturated rings. The minimum absolute atomic E-state index is 0.208. The van der Waals surface area contributed by atoms with Crippen molar-refractivity contribution in [1.82, 2.24) is 14.8 Å². The van der Waals surface area contributed by atoms with Gasteiger partial charge >= 0.3 is 17.6 Å². The molecule has 4 rings (SSSR count). The summed E-state index contributed by atoms with van der Waals surface area (Å²) in [7, 11) is 0. The highest BCUT2D eigenvalue weighted by molar-refractivity contribution is 5.89. The van der Waals surface area contributed by atoms with Crippen molar-refractivity contribution in [3.8, 4) is 16.9 Å². The van der Waals surface area contributed by atoms with E-state index in [1.807, 2.05) is 6.07 Å². The van der Waals surface area contributed by atoms with E-state index in [1.54, 1.807) is 59.7 Å². The number of hydrogen-bond donors (Lipinski definition) is 1. The van der Waals surface area contributed by atoms with Crippen molar-refractivity contribution in [2.24, 2.45) is 5.10 Å². The lowest BCUT2D eigenvalue weighted by atomic mass is 10.1. The maximum Gasteiger partial charge on any atom is 0.416 e. The third-order valence-electron chi connectivity index (χ3n) is 4.90. The zero-order chi connectivity index (χ0) is 25.9. The normalized spacial score (nSPS) is 11.5. The molecule has 0 aliphatic rings. The summed E-state index contributed by atoms with van der Waals surface area (Å²) in [6.45, 7) is 0. The molecule has 0 amide bonds. The van der Waals surface area contributed by atoms with E-state index in [2.05, 4.69) is 20.6 Å². The number of benzene rings is 2. The van der Waals surface area contributed by atoms with Crippen LogP contribution in [0.15, 0.2) is 78.3 Å². The molecule has 0 spiro atoms. The van der Waals surface area contributed by atoms with E-state index < -0.39 is 38.6 Å². The van der Waals surface area contributed by atoms with Crippen LogP contribution in [0.25, 0.3) is 16.9 Å². The van der Waals surface area contributed by atoms with Crippen molar-refractivity contribution in [2.45, 2.75) is 6.18 Å². The van der Waals surface area contributed by atoms with Gasteiger partial charge < -0.3 is 0 Å². The van der Waals surface area contributed by atoms with Crippen molar-refractivity contribution in [1.29, 1.82) is 0 Å². The highest BCUT2D eigenvalue weighted by Crippen LogP contribution is 2.41. The number of hydrazone groups is 1. The first-order chi connectivity index (χ1) is 17.1. The fourth-order valence-corrected chi connectivity index (χ4v) is 3.27. The fraction of sp³-hybridized carbons (Fsp3) is 0.0455. The van der Waals surface area contributed by atoms with E-state index in [9.17, 15) is 33.4 Å². The number of nitro benzene ring substituents is 2. The lowest BCUT2D eigenvalue weighted by molar-refractivity contribution is -0.392. The van der Waals surface area contributed by atoms with Gasteiger partial charge in [0.05, 0.1) is 27.3 Å². The molecule has 11 nitrogen and oxygen atoms in total. The first kappa shape index (κ1) is 24.0. The van der Waals surface area contributed by atoms with Gasteiger partial charge in [-0.1, -0.05) is 18.2 Å². The molecular formula is C22H14F3N7O4. The van der Waals surface area contributed by atoms with Gasteiger partial charge in [0.25, 0.3) is 0 Å². The van der Waals surface area contributed by atoms with Gasteiger partial charge in [-0.2, -0.15) is 23.4 Å². The van der Waals surface area contributed by atoms with Crippen LogP contribution >= 0.6 is 0 Å². The Morgan fingerprint density at radius 2 is 1.67 bits per heavy atom. The predicted molar refractivity (Wildman–Crippen MR) is 123 cm³/mol. The number of alkyl halides is 3. The van der Waals surface area contributed by atoms with E-state index in [0.717, 1.165) is 0 Å². The Balaban J connectivity index is 1.76. The van der Waals surface area contributed by atoms with Gasteiger partial charge in [0.2, 0.25) is 5.69 Å². The Labute approximate surface area is 199 Å². The zero-order valence-electron chi connectivity index (χ0n) is 18.0. The van der Waals surface area contributed by atoms with E-state index >= 15 is 0 Å². The van der Waals surface area contributed by atoms with Crippen molar-refractivity contribution < 1.29 is 23.0 Å². The predicted octanol–water partition coefficient (Wildman–Crippen LogP) is 5.22. The molecule has 1 N–H and O–H groups in total. The molecule has 0 unspecified atom stereocenters. The van der Waals surface area contributed by atoms with Gasteiger partial charge in [-0.3, -0.25) is 30.6 Å². The standard InChI is InChI=1S/C22H14F3N7O4/c23-22(24,25)16-9-18(31(33)34)21(19(10-16)32(35)36)28-27-12-15-13-30(17-6-2-1-3-7-17)29-20(15)14-5-4-8-26-11-14/h1-13,28H. The van der Waals surface area contributed by atoms with Crippen molar-refractivity contribution in [2.75, 3.05) is 5.43 Å². The summed E-state index contributed by atoms with van der Waals surface area (Å²) >= 11 is 0. The highest BCUT2D eigenvalue weighted by Gasteiger charge is 2.37. The molecule has 0 bridgehead atoms. The third-order valence-corrected chi connectivity index (χ3v) is 4.90. The van der Waals surface area contributed by atoms with Crippen LogP contribution in [0.5, 0.6) is 0 Å². The molecule has 0 radical (unpaired) electrons. The van der Waals surface area contributed by atoms with Crippen LogP contribution in [0.1, 0.15) is 11.1 Å². The first-order valence-corrected chi connectivity index (χ1v) is 10.0. The lowest BCUT2D eigenvalue weighted by Crippen LogP contribution is -2.09. The first-order valence-electron chi connectivity index (χ1n) is 10.0. The van der Waals surface area contributed by atoms with Gasteiger partial charge in [-0.15, -0.1) is 0 Å². The summed E-state index contributed by atoms with van der Waals surface area (Å²) in [5.74, 6) is 0. The topological polar surface area (TPSA) is 141 Å². The number of nitrogens with one attached hydrogen (secondary N) is 1.